The van der Waals surface area contributed by atoms with Crippen LogP contribution in [0.5, 0.6) is 0 Å². The van der Waals surface area contributed by atoms with Crippen molar-refractivity contribution >= 4 is 17.9 Å². The molecule has 202 valence electrons. The number of methoxy groups -OCH3 is 1. The summed E-state index contributed by atoms with van der Waals surface area (Å²) in [5, 5.41) is 11.5. The van der Waals surface area contributed by atoms with Crippen LogP contribution in [0.2, 0.25) is 0 Å². The summed E-state index contributed by atoms with van der Waals surface area (Å²) in [6, 6.07) is 1.95. The first kappa shape index (κ1) is 26.0. The van der Waals surface area contributed by atoms with Gasteiger partial charge in [0, 0.05) is 18.4 Å². The first-order valence-electron chi connectivity index (χ1n) is 12.9. The van der Waals surface area contributed by atoms with E-state index < -0.39 is 58.8 Å². The van der Waals surface area contributed by atoms with Gasteiger partial charge in [0.2, 0.25) is 6.10 Å². The second-order valence-corrected chi connectivity index (χ2v) is 11.9. The monoisotopic (exact) mass is 516 g/mol. The molecule has 3 fully saturated rings. The molecule has 1 aromatic rings. The molecule has 2 aliphatic carbocycles. The molecule has 2 saturated carbocycles. The number of epoxide rings is 1. The Bertz CT molecular complexity index is 1120. The smallest absolute Gasteiger partial charge is 0.347 e. The van der Waals surface area contributed by atoms with Crippen LogP contribution < -0.4 is 0 Å². The lowest BCUT2D eigenvalue weighted by molar-refractivity contribution is -0.186. The van der Waals surface area contributed by atoms with Crippen LogP contribution in [0.4, 0.5) is 0 Å². The molecule has 37 heavy (non-hydrogen) atoms. The minimum absolute atomic E-state index is 0.0645. The van der Waals surface area contributed by atoms with Crippen molar-refractivity contribution in [1.29, 1.82) is 0 Å². The van der Waals surface area contributed by atoms with Gasteiger partial charge in [0.25, 0.3) is 0 Å². The molecule has 1 N–H and O–H groups in total. The Balaban J connectivity index is 1.57. The van der Waals surface area contributed by atoms with Gasteiger partial charge in [0.15, 0.2) is 0 Å². The molecule has 0 radical (unpaired) electrons. The molecular formula is C28H36O9. The number of cyclic esters (lactones) is 1. The van der Waals surface area contributed by atoms with Gasteiger partial charge in [-0.2, -0.15) is 0 Å². The van der Waals surface area contributed by atoms with Gasteiger partial charge in [-0.05, 0) is 69.4 Å². The molecule has 1 unspecified atom stereocenters. The summed E-state index contributed by atoms with van der Waals surface area (Å²) >= 11 is 0. The van der Waals surface area contributed by atoms with Crippen LogP contribution in [-0.4, -0.2) is 59.1 Å². The summed E-state index contributed by atoms with van der Waals surface area (Å²) in [6.45, 7) is 8.85. The molecule has 3 heterocycles. The molecule has 1 spiro atoms. The van der Waals surface area contributed by atoms with Gasteiger partial charge in [-0.3, -0.25) is 4.79 Å². The number of ether oxygens (including phenoxy) is 4. The third kappa shape index (κ3) is 3.53. The maximum atomic E-state index is 12.9. The van der Waals surface area contributed by atoms with Crippen molar-refractivity contribution in [3.05, 3.63) is 36.3 Å². The van der Waals surface area contributed by atoms with Crippen LogP contribution in [0, 0.1) is 23.2 Å². The lowest BCUT2D eigenvalue weighted by Gasteiger charge is -2.48. The van der Waals surface area contributed by atoms with Crippen molar-refractivity contribution < 1.29 is 42.9 Å². The summed E-state index contributed by atoms with van der Waals surface area (Å²) in [5.74, 6) is -3.22. The van der Waals surface area contributed by atoms with Crippen molar-refractivity contribution in [2.45, 2.75) is 88.8 Å². The first-order valence-corrected chi connectivity index (χ1v) is 12.9. The standard InChI is InChI=1S/C28H36O9/c1-15(29)35-23(24(32)33-6)22-17(7-8-21(31)36-25(22,2)3)18-9-11-26(4)19(16-10-12-34-14-16)13-20(30)28(26)27(18,5)37-28/h7-8,10,12,14,17-20,22-23,30H,9,11,13H2,1-6H3/t17-,18-,19+,20-,22?,23-,26+,27-,28+/m1/s1. The second kappa shape index (κ2) is 8.43. The van der Waals surface area contributed by atoms with Gasteiger partial charge in [-0.15, -0.1) is 0 Å². The highest BCUT2D eigenvalue weighted by atomic mass is 16.6. The summed E-state index contributed by atoms with van der Waals surface area (Å²) in [4.78, 5) is 37.6. The topological polar surface area (TPSA) is 125 Å². The summed E-state index contributed by atoms with van der Waals surface area (Å²) < 4.78 is 28.3. The average Bonchev–Trinajstić information content (AvgIpc) is 3.12. The minimum Gasteiger partial charge on any atom is -0.472 e. The van der Waals surface area contributed by atoms with Crippen molar-refractivity contribution in [2.24, 2.45) is 23.2 Å². The molecule has 9 nitrogen and oxygen atoms in total. The SMILES string of the molecule is COC(=O)[C@H](OC(C)=O)C1[C@@H]([C@H]2CC[C@@]3(C)[C@H](c4ccoc4)C[C@@H](O)[C@]34O[C@]24C)C=CC(=O)OC1(C)C. The van der Waals surface area contributed by atoms with E-state index in [1.54, 1.807) is 32.4 Å². The zero-order valence-corrected chi connectivity index (χ0v) is 22.2. The molecule has 1 aromatic heterocycles. The Kier molecular flexibility index (Phi) is 5.92. The maximum absolute atomic E-state index is 12.9. The Morgan fingerprint density at radius 3 is 2.57 bits per heavy atom. The number of aliphatic hydroxyl groups excluding tert-OH is 1. The number of esters is 3. The van der Waals surface area contributed by atoms with Crippen molar-refractivity contribution in [3.8, 4) is 0 Å². The molecule has 0 aromatic carbocycles. The molecule has 4 aliphatic rings. The maximum Gasteiger partial charge on any atom is 0.347 e. The predicted molar refractivity (Wildman–Crippen MR) is 129 cm³/mol. The third-order valence-electron chi connectivity index (χ3n) is 9.80. The van der Waals surface area contributed by atoms with E-state index in [2.05, 4.69) is 6.92 Å². The van der Waals surface area contributed by atoms with E-state index in [0.29, 0.717) is 12.8 Å². The van der Waals surface area contributed by atoms with Gasteiger partial charge in [-0.25, -0.2) is 9.59 Å². The molecule has 5 rings (SSSR count). The van der Waals surface area contributed by atoms with Crippen molar-refractivity contribution in [2.75, 3.05) is 7.11 Å². The van der Waals surface area contributed by atoms with Gasteiger partial charge < -0.3 is 28.5 Å². The molecular weight excluding hydrogens is 480 g/mol. The molecule has 0 amide bonds. The van der Waals surface area contributed by atoms with Crippen LogP contribution in [-0.2, 0) is 33.3 Å². The van der Waals surface area contributed by atoms with Crippen molar-refractivity contribution in [1.82, 2.24) is 0 Å². The number of carbonyl (C=O) groups excluding carboxylic acids is 3. The Labute approximate surface area is 216 Å². The number of furan rings is 1. The highest BCUT2D eigenvalue weighted by molar-refractivity contribution is 5.83. The quantitative estimate of drug-likeness (QED) is 0.356. The highest BCUT2D eigenvalue weighted by Crippen LogP contribution is 2.78. The minimum atomic E-state index is -1.29. The van der Waals surface area contributed by atoms with E-state index >= 15 is 0 Å². The summed E-state index contributed by atoms with van der Waals surface area (Å²) in [7, 11) is 1.23. The summed E-state index contributed by atoms with van der Waals surface area (Å²) in [5.41, 5.74) is -2.02. The second-order valence-electron chi connectivity index (χ2n) is 11.9. The van der Waals surface area contributed by atoms with Crippen LogP contribution in [0.1, 0.15) is 65.4 Å². The largest absolute Gasteiger partial charge is 0.472 e. The fraction of sp³-hybridized carbons (Fsp3) is 0.679. The van der Waals surface area contributed by atoms with E-state index in [9.17, 15) is 19.5 Å². The lowest BCUT2D eigenvalue weighted by atomic mass is 9.53. The van der Waals surface area contributed by atoms with Crippen LogP contribution in [0.3, 0.4) is 0 Å². The van der Waals surface area contributed by atoms with E-state index in [1.165, 1.54) is 20.1 Å². The van der Waals surface area contributed by atoms with Gasteiger partial charge in [-0.1, -0.05) is 13.0 Å². The number of aliphatic hydroxyl groups is 1. The number of rotatable bonds is 5. The molecule has 9 atom stereocenters. The van der Waals surface area contributed by atoms with E-state index in [-0.39, 0.29) is 17.3 Å². The fourth-order valence-corrected chi connectivity index (χ4v) is 8.31. The zero-order valence-electron chi connectivity index (χ0n) is 22.2. The van der Waals surface area contributed by atoms with E-state index in [4.69, 9.17) is 23.4 Å². The number of carbonyl (C=O) groups is 3. The third-order valence-corrected chi connectivity index (χ3v) is 9.80. The Morgan fingerprint density at radius 1 is 1.22 bits per heavy atom. The average molecular weight is 517 g/mol. The van der Waals surface area contributed by atoms with E-state index in [1.807, 2.05) is 13.0 Å². The number of hydrogen-bond donors (Lipinski definition) is 1. The van der Waals surface area contributed by atoms with Crippen molar-refractivity contribution in [3.63, 3.8) is 0 Å². The van der Waals surface area contributed by atoms with Crippen LogP contribution >= 0.6 is 0 Å². The molecule has 0 bridgehead atoms. The lowest BCUT2D eigenvalue weighted by Crippen LogP contribution is -2.57. The van der Waals surface area contributed by atoms with Gasteiger partial charge in [0.1, 0.15) is 16.8 Å². The molecule has 1 saturated heterocycles. The normalized spacial score (nSPS) is 42.6. The van der Waals surface area contributed by atoms with Crippen LogP contribution in [0.25, 0.3) is 0 Å². The zero-order chi connectivity index (χ0) is 27.0. The van der Waals surface area contributed by atoms with Gasteiger partial charge in [0.05, 0.1) is 31.7 Å². The number of allylic oxidation sites excluding steroid dienone is 1. The molecule has 9 heteroatoms. The van der Waals surface area contributed by atoms with Gasteiger partial charge >= 0.3 is 17.9 Å². The van der Waals surface area contributed by atoms with E-state index in [0.717, 1.165) is 12.0 Å². The molecule has 2 aliphatic heterocycles. The predicted octanol–water partition coefficient (Wildman–Crippen LogP) is 3.30. The fourth-order valence-electron chi connectivity index (χ4n) is 8.31. The van der Waals surface area contributed by atoms with Crippen LogP contribution in [0.15, 0.2) is 35.2 Å². The Hall–Kier alpha value is -2.65. The first-order chi connectivity index (χ1) is 17.3. The highest BCUT2D eigenvalue weighted by Gasteiger charge is 2.86. The Morgan fingerprint density at radius 2 is 1.95 bits per heavy atom. The summed E-state index contributed by atoms with van der Waals surface area (Å²) in [6.07, 6.45) is 6.53. The number of hydrogen-bond acceptors (Lipinski definition) is 9.